The molecule has 0 aliphatic rings. The van der Waals surface area contributed by atoms with E-state index in [9.17, 15) is 9.59 Å². The molecule has 0 amide bonds. The van der Waals surface area contributed by atoms with E-state index < -0.39 is 0 Å². The molecule has 0 aromatic rings. The van der Waals surface area contributed by atoms with Crippen LogP contribution in [0.5, 0.6) is 0 Å². The van der Waals surface area contributed by atoms with Crippen LogP contribution >= 0.6 is 0 Å². The molecule has 0 spiro atoms. The van der Waals surface area contributed by atoms with E-state index in [0.717, 1.165) is 25.8 Å². The molecule has 246 valence electrons. The molecule has 0 aliphatic heterocycles. The fourth-order valence-corrected chi connectivity index (χ4v) is 6.89. The molecule has 0 aliphatic carbocycles. The highest BCUT2D eigenvalue weighted by Crippen LogP contribution is 2.30. The van der Waals surface area contributed by atoms with Crippen molar-refractivity contribution in [1.29, 1.82) is 0 Å². The molecule has 0 saturated heterocycles. The van der Waals surface area contributed by atoms with Gasteiger partial charge in [-0.1, -0.05) is 156 Å². The van der Waals surface area contributed by atoms with Crippen molar-refractivity contribution in [3.63, 3.8) is 0 Å². The van der Waals surface area contributed by atoms with Crippen LogP contribution in [0.4, 0.5) is 0 Å². The van der Waals surface area contributed by atoms with E-state index in [1.165, 1.54) is 141 Å². The average Bonchev–Trinajstić information content (AvgIpc) is 2.94. The van der Waals surface area contributed by atoms with Crippen LogP contribution in [0.2, 0.25) is 0 Å². The monoisotopic (exact) mass is 644 g/mol. The molecule has 4 atom stereocenters. The summed E-state index contributed by atoms with van der Waals surface area (Å²) in [6, 6.07) is -0.286. The standard InChI is InChI=1S/C36H73N2O2.BrH/c1-6-8-10-12-14-16-18-20-22-24-27-33(3)35(31-39)38(5,30-26-29-37)36(32-40)34(4)28-25-23-21-19-17-15-13-11-9-7-2;/h31-36H,6-30,37H2,1-5H3;1H/q+1;/p-1. The van der Waals surface area contributed by atoms with Gasteiger partial charge in [0.05, 0.1) is 13.6 Å². The topological polar surface area (TPSA) is 60.2 Å². The number of rotatable bonds is 31. The lowest BCUT2D eigenvalue weighted by atomic mass is 9.87. The third-order valence-electron chi connectivity index (χ3n) is 9.68. The highest BCUT2D eigenvalue weighted by Gasteiger charge is 2.44. The number of hydrogen-bond donors (Lipinski definition) is 1. The van der Waals surface area contributed by atoms with Gasteiger partial charge < -0.3 is 27.2 Å². The van der Waals surface area contributed by atoms with Gasteiger partial charge in [-0.3, -0.25) is 9.59 Å². The Bertz CT molecular complexity index is 532. The predicted molar refractivity (Wildman–Crippen MR) is 176 cm³/mol. The number of carbonyl (C=O) groups excluding carboxylic acids is 2. The lowest BCUT2D eigenvalue weighted by Crippen LogP contribution is -3.00. The van der Waals surface area contributed by atoms with E-state index in [-0.39, 0.29) is 40.9 Å². The summed E-state index contributed by atoms with van der Waals surface area (Å²) in [5, 5.41) is 0. The Kier molecular flexibility index (Phi) is 31.2. The van der Waals surface area contributed by atoms with Gasteiger partial charge in [-0.05, 0) is 19.4 Å². The van der Waals surface area contributed by atoms with E-state index in [2.05, 4.69) is 34.7 Å². The fraction of sp³-hybridized carbons (Fsp3) is 0.944. The highest BCUT2D eigenvalue weighted by molar-refractivity contribution is 5.60. The number of hydrogen-bond acceptors (Lipinski definition) is 3. The van der Waals surface area contributed by atoms with Crippen molar-refractivity contribution in [2.75, 3.05) is 20.1 Å². The molecule has 0 bridgehead atoms. The molecule has 4 nitrogen and oxygen atoms in total. The number of aldehydes is 2. The van der Waals surface area contributed by atoms with E-state index in [1.807, 2.05) is 0 Å². The lowest BCUT2D eigenvalue weighted by Gasteiger charge is -2.47. The Hall–Kier alpha value is -0.260. The molecule has 4 unspecified atom stereocenters. The number of carbonyl (C=O) groups is 2. The Morgan fingerprint density at radius 1 is 0.537 bits per heavy atom. The van der Waals surface area contributed by atoms with Gasteiger partial charge >= 0.3 is 0 Å². The Morgan fingerprint density at radius 3 is 1.10 bits per heavy atom. The quantitative estimate of drug-likeness (QED) is 0.0512. The first kappa shape index (κ1) is 42.9. The van der Waals surface area contributed by atoms with Gasteiger partial charge in [-0.25, -0.2) is 0 Å². The summed E-state index contributed by atoms with van der Waals surface area (Å²) in [7, 11) is 2.16. The maximum absolute atomic E-state index is 12.6. The molecule has 2 N–H and O–H groups in total. The van der Waals surface area contributed by atoms with Crippen LogP contribution in [0.3, 0.4) is 0 Å². The molecule has 0 saturated carbocycles. The summed E-state index contributed by atoms with van der Waals surface area (Å²) in [5.41, 5.74) is 5.93. The second-order valence-corrected chi connectivity index (χ2v) is 13.4. The maximum Gasteiger partial charge on any atom is 0.177 e. The van der Waals surface area contributed by atoms with Crippen LogP contribution in [-0.2, 0) is 9.59 Å². The van der Waals surface area contributed by atoms with Crippen molar-refractivity contribution in [2.24, 2.45) is 17.6 Å². The Balaban J connectivity index is 0. The summed E-state index contributed by atoms with van der Waals surface area (Å²) < 4.78 is 0.530. The van der Waals surface area contributed by atoms with E-state index >= 15 is 0 Å². The largest absolute Gasteiger partial charge is 1.00 e. The number of likely N-dealkylation sites (N-methyl/N-ethyl adjacent to an activating group) is 1. The van der Waals surface area contributed by atoms with Crippen LogP contribution in [-0.4, -0.2) is 49.3 Å². The summed E-state index contributed by atoms with van der Waals surface area (Å²) in [6.45, 7) is 10.4. The van der Waals surface area contributed by atoms with Gasteiger partial charge in [0.1, 0.15) is 12.1 Å². The zero-order valence-electron chi connectivity index (χ0n) is 28.4. The summed E-state index contributed by atoms with van der Waals surface area (Å²) in [5.74, 6) is 0.558. The first-order valence-corrected chi connectivity index (χ1v) is 17.9. The predicted octanol–water partition coefficient (Wildman–Crippen LogP) is 6.82. The van der Waals surface area contributed by atoms with Crippen molar-refractivity contribution in [1.82, 2.24) is 0 Å². The first-order chi connectivity index (χ1) is 19.4. The summed E-state index contributed by atoms with van der Waals surface area (Å²) >= 11 is 0. The van der Waals surface area contributed by atoms with Crippen molar-refractivity contribution >= 4 is 12.6 Å². The zero-order valence-corrected chi connectivity index (χ0v) is 29.9. The molecular formula is C36H73BrN2O2. The number of quaternary nitrogens is 1. The highest BCUT2D eigenvalue weighted by atomic mass is 79.9. The van der Waals surface area contributed by atoms with Gasteiger partial charge in [-0.15, -0.1) is 0 Å². The van der Waals surface area contributed by atoms with E-state index in [0.29, 0.717) is 11.0 Å². The second kappa shape index (κ2) is 29.8. The molecule has 5 heteroatoms. The lowest BCUT2D eigenvalue weighted by molar-refractivity contribution is -0.944. The zero-order chi connectivity index (χ0) is 29.9. The fourth-order valence-electron chi connectivity index (χ4n) is 6.89. The molecule has 0 heterocycles. The Labute approximate surface area is 268 Å². The summed E-state index contributed by atoms with van der Waals surface area (Å²) in [4.78, 5) is 25.1. The summed E-state index contributed by atoms with van der Waals surface area (Å²) in [6.07, 6.45) is 31.9. The third-order valence-corrected chi connectivity index (χ3v) is 9.68. The molecule has 41 heavy (non-hydrogen) atoms. The van der Waals surface area contributed by atoms with Gasteiger partial charge in [-0.2, -0.15) is 0 Å². The van der Waals surface area contributed by atoms with Crippen LogP contribution in [0, 0.1) is 11.8 Å². The van der Waals surface area contributed by atoms with Crippen molar-refractivity contribution in [2.45, 2.75) is 187 Å². The molecule has 0 fully saturated rings. The molecular weight excluding hydrogens is 572 g/mol. The minimum absolute atomic E-state index is 0. The SMILES string of the molecule is CCCCCCCCCCCCC(C)C(C=O)[N+](C)(CCCN)C(C=O)C(C)CCCCCCCCCCCC.[Br-]. The molecule has 0 radical (unpaired) electrons. The maximum atomic E-state index is 12.6. The van der Waals surface area contributed by atoms with Crippen LogP contribution in [0.25, 0.3) is 0 Å². The number of nitrogens with two attached hydrogens (primary N) is 1. The van der Waals surface area contributed by atoms with Gasteiger partial charge in [0, 0.05) is 18.3 Å². The average molecular weight is 646 g/mol. The van der Waals surface area contributed by atoms with E-state index in [1.54, 1.807) is 0 Å². The molecule has 0 aromatic heterocycles. The van der Waals surface area contributed by atoms with Crippen LogP contribution in [0.1, 0.15) is 175 Å². The molecule has 0 rings (SSSR count). The van der Waals surface area contributed by atoms with Crippen molar-refractivity contribution in [3.8, 4) is 0 Å². The van der Waals surface area contributed by atoms with Gasteiger partial charge in [0.2, 0.25) is 0 Å². The first-order valence-electron chi connectivity index (χ1n) is 17.9. The van der Waals surface area contributed by atoms with Gasteiger partial charge in [0.15, 0.2) is 12.6 Å². The van der Waals surface area contributed by atoms with Crippen molar-refractivity contribution < 1.29 is 31.1 Å². The third kappa shape index (κ3) is 20.3. The minimum atomic E-state index is -0.143. The smallest absolute Gasteiger partial charge is 0.177 e. The van der Waals surface area contributed by atoms with Crippen molar-refractivity contribution in [3.05, 3.63) is 0 Å². The number of nitrogens with zero attached hydrogens (tertiary/aromatic N) is 1. The van der Waals surface area contributed by atoms with E-state index in [4.69, 9.17) is 5.73 Å². The van der Waals surface area contributed by atoms with Gasteiger partial charge in [0.25, 0.3) is 0 Å². The minimum Gasteiger partial charge on any atom is -1.00 e. The second-order valence-electron chi connectivity index (χ2n) is 13.4. The number of unbranched alkanes of at least 4 members (excludes halogenated alkanes) is 18. The number of halogens is 1. The van der Waals surface area contributed by atoms with Crippen LogP contribution in [0.15, 0.2) is 0 Å². The Morgan fingerprint density at radius 2 is 0.829 bits per heavy atom. The molecule has 0 aromatic carbocycles. The normalized spacial score (nSPS) is 15.9. The van der Waals surface area contributed by atoms with Crippen LogP contribution < -0.4 is 22.7 Å².